The van der Waals surface area contributed by atoms with E-state index in [0.29, 0.717) is 0 Å². The van der Waals surface area contributed by atoms with Crippen LogP contribution in [0.25, 0.3) is 0 Å². The highest BCUT2D eigenvalue weighted by molar-refractivity contribution is 14.1. The van der Waals surface area contributed by atoms with E-state index in [-0.39, 0.29) is 0 Å². The average molecular weight is 420 g/mol. The lowest BCUT2D eigenvalue weighted by Crippen LogP contribution is -2.14. The topological polar surface area (TPSA) is 9.23 Å². The molecule has 2 aromatic carbocycles. The van der Waals surface area contributed by atoms with Crippen molar-refractivity contribution in [3.05, 3.63) is 59.2 Å². The van der Waals surface area contributed by atoms with Crippen LogP contribution in [0.4, 0.5) is 0 Å². The molecule has 1 nitrogen and oxygen atoms in total. The molecule has 1 aliphatic carbocycles. The summed E-state index contributed by atoms with van der Waals surface area (Å²) in [6, 6.07) is 15.1. The van der Waals surface area contributed by atoms with Crippen LogP contribution in [0.5, 0.6) is 11.5 Å². The third-order valence-corrected chi connectivity index (χ3v) is 6.22. The summed E-state index contributed by atoms with van der Waals surface area (Å²) in [5, 5.41) is 0. The fourth-order valence-electron chi connectivity index (χ4n) is 3.50. The standard InChI is InChI=1S/C21H25IO/c1-15-3-12-21(16(2)13-15)23-20-10-8-19(9-11-20)18-6-4-17(14-22)5-7-18/h3,8-13,17-18H,4-7,14H2,1-2H3. The van der Waals surface area contributed by atoms with Gasteiger partial charge in [-0.3, -0.25) is 0 Å². The molecule has 0 heterocycles. The van der Waals surface area contributed by atoms with Crippen LogP contribution in [0.2, 0.25) is 0 Å². The van der Waals surface area contributed by atoms with Crippen molar-refractivity contribution in [1.82, 2.24) is 0 Å². The minimum atomic E-state index is 0.740. The fraction of sp³-hybridized carbons (Fsp3) is 0.429. The van der Waals surface area contributed by atoms with Gasteiger partial charge in [-0.1, -0.05) is 52.4 Å². The van der Waals surface area contributed by atoms with E-state index in [9.17, 15) is 0 Å². The summed E-state index contributed by atoms with van der Waals surface area (Å²) >= 11 is 2.53. The van der Waals surface area contributed by atoms with E-state index in [1.54, 1.807) is 0 Å². The Bertz CT molecular complexity index is 639. The zero-order valence-electron chi connectivity index (χ0n) is 14.0. The molecule has 0 saturated heterocycles. The van der Waals surface area contributed by atoms with Crippen LogP contribution in [-0.2, 0) is 0 Å². The largest absolute Gasteiger partial charge is 0.457 e. The van der Waals surface area contributed by atoms with E-state index in [2.05, 4.69) is 78.9 Å². The predicted octanol–water partition coefficient (Wildman–Crippen LogP) is 6.80. The Hall–Kier alpha value is -1.03. The second-order valence-electron chi connectivity index (χ2n) is 6.81. The number of alkyl halides is 1. The van der Waals surface area contributed by atoms with Gasteiger partial charge < -0.3 is 4.74 Å². The first kappa shape index (κ1) is 16.8. The molecule has 0 radical (unpaired) electrons. The number of ether oxygens (including phenoxy) is 1. The van der Waals surface area contributed by atoms with E-state index in [0.717, 1.165) is 23.3 Å². The van der Waals surface area contributed by atoms with Gasteiger partial charge in [0, 0.05) is 4.43 Å². The van der Waals surface area contributed by atoms with Gasteiger partial charge in [0.25, 0.3) is 0 Å². The van der Waals surface area contributed by atoms with Gasteiger partial charge >= 0.3 is 0 Å². The lowest BCUT2D eigenvalue weighted by molar-refractivity contribution is 0.355. The molecule has 1 aliphatic rings. The molecule has 2 heteroatoms. The molecule has 0 amide bonds. The molecule has 0 aromatic heterocycles. The third-order valence-electron chi connectivity index (χ3n) is 4.97. The second kappa shape index (κ2) is 7.69. The number of hydrogen-bond donors (Lipinski definition) is 0. The molecule has 2 aromatic rings. The van der Waals surface area contributed by atoms with Crippen molar-refractivity contribution in [3.8, 4) is 11.5 Å². The monoisotopic (exact) mass is 420 g/mol. The van der Waals surface area contributed by atoms with Crippen LogP contribution in [-0.4, -0.2) is 4.43 Å². The molecular weight excluding hydrogens is 395 g/mol. The van der Waals surface area contributed by atoms with Crippen LogP contribution >= 0.6 is 22.6 Å². The molecule has 0 aliphatic heterocycles. The summed E-state index contributed by atoms with van der Waals surface area (Å²) in [5.74, 6) is 3.57. The normalized spacial score (nSPS) is 21.2. The summed E-state index contributed by atoms with van der Waals surface area (Å²) in [6.45, 7) is 4.21. The number of halogens is 1. The maximum Gasteiger partial charge on any atom is 0.130 e. The first-order valence-electron chi connectivity index (χ1n) is 8.56. The van der Waals surface area contributed by atoms with E-state index >= 15 is 0 Å². The first-order valence-corrected chi connectivity index (χ1v) is 10.1. The zero-order valence-corrected chi connectivity index (χ0v) is 16.2. The first-order chi connectivity index (χ1) is 11.2. The Morgan fingerprint density at radius 3 is 2.26 bits per heavy atom. The molecule has 122 valence electrons. The zero-order chi connectivity index (χ0) is 16.2. The summed E-state index contributed by atoms with van der Waals surface area (Å²) in [4.78, 5) is 0. The van der Waals surface area contributed by atoms with Gasteiger partial charge in [0.15, 0.2) is 0 Å². The van der Waals surface area contributed by atoms with Gasteiger partial charge in [0.05, 0.1) is 0 Å². The van der Waals surface area contributed by atoms with E-state index < -0.39 is 0 Å². The van der Waals surface area contributed by atoms with Crippen LogP contribution in [0.3, 0.4) is 0 Å². The number of hydrogen-bond acceptors (Lipinski definition) is 1. The van der Waals surface area contributed by atoms with Gasteiger partial charge in [0.2, 0.25) is 0 Å². The molecule has 0 spiro atoms. The molecule has 3 rings (SSSR count). The lowest BCUT2D eigenvalue weighted by Gasteiger charge is -2.27. The molecule has 0 unspecified atom stereocenters. The molecule has 1 fully saturated rings. The van der Waals surface area contributed by atoms with Crippen molar-refractivity contribution < 1.29 is 4.74 Å². The highest BCUT2D eigenvalue weighted by atomic mass is 127. The quantitative estimate of drug-likeness (QED) is 0.390. The SMILES string of the molecule is Cc1ccc(Oc2ccc(C3CCC(CI)CC3)cc2)c(C)c1. The number of rotatable bonds is 4. The van der Waals surface area contributed by atoms with Gasteiger partial charge in [-0.05, 0) is 80.7 Å². The minimum absolute atomic E-state index is 0.740. The lowest BCUT2D eigenvalue weighted by atomic mass is 9.79. The Morgan fingerprint density at radius 2 is 1.65 bits per heavy atom. The average Bonchev–Trinajstić information content (AvgIpc) is 2.58. The second-order valence-corrected chi connectivity index (χ2v) is 7.69. The summed E-state index contributed by atoms with van der Waals surface area (Å²) in [7, 11) is 0. The maximum absolute atomic E-state index is 6.04. The van der Waals surface area contributed by atoms with Gasteiger partial charge in [-0.15, -0.1) is 0 Å². The Labute approximate surface area is 153 Å². The highest BCUT2D eigenvalue weighted by Gasteiger charge is 2.21. The van der Waals surface area contributed by atoms with Crippen molar-refractivity contribution in [3.63, 3.8) is 0 Å². The molecule has 0 N–H and O–H groups in total. The minimum Gasteiger partial charge on any atom is -0.457 e. The van der Waals surface area contributed by atoms with Gasteiger partial charge in [-0.2, -0.15) is 0 Å². The van der Waals surface area contributed by atoms with Crippen molar-refractivity contribution in [2.45, 2.75) is 45.4 Å². The molecular formula is C21H25IO. The highest BCUT2D eigenvalue weighted by Crippen LogP contribution is 2.37. The van der Waals surface area contributed by atoms with E-state index in [1.807, 2.05) is 0 Å². The predicted molar refractivity (Wildman–Crippen MR) is 106 cm³/mol. The molecule has 0 bridgehead atoms. The number of benzene rings is 2. The van der Waals surface area contributed by atoms with Crippen molar-refractivity contribution >= 4 is 22.6 Å². The van der Waals surface area contributed by atoms with E-state index in [4.69, 9.17) is 4.74 Å². The van der Waals surface area contributed by atoms with Crippen molar-refractivity contribution in [2.24, 2.45) is 5.92 Å². The molecule has 23 heavy (non-hydrogen) atoms. The van der Waals surface area contributed by atoms with Crippen LogP contribution in [0, 0.1) is 19.8 Å². The van der Waals surface area contributed by atoms with Crippen LogP contribution in [0.1, 0.15) is 48.3 Å². The molecule has 0 atom stereocenters. The fourth-order valence-corrected chi connectivity index (χ4v) is 4.38. The summed E-state index contributed by atoms with van der Waals surface area (Å²) in [6.07, 6.45) is 5.44. The maximum atomic E-state index is 6.04. The number of aryl methyl sites for hydroxylation is 2. The Balaban J connectivity index is 1.65. The summed E-state index contributed by atoms with van der Waals surface area (Å²) < 4.78 is 7.35. The van der Waals surface area contributed by atoms with Crippen molar-refractivity contribution in [1.29, 1.82) is 0 Å². The Kier molecular flexibility index (Phi) is 5.62. The molecule has 1 saturated carbocycles. The smallest absolute Gasteiger partial charge is 0.130 e. The van der Waals surface area contributed by atoms with Crippen LogP contribution < -0.4 is 4.74 Å². The third kappa shape index (κ3) is 4.28. The Morgan fingerprint density at radius 1 is 0.957 bits per heavy atom. The van der Waals surface area contributed by atoms with Gasteiger partial charge in [0.1, 0.15) is 11.5 Å². The summed E-state index contributed by atoms with van der Waals surface area (Å²) in [5.41, 5.74) is 3.93. The van der Waals surface area contributed by atoms with Crippen molar-refractivity contribution in [2.75, 3.05) is 4.43 Å². The van der Waals surface area contributed by atoms with Gasteiger partial charge in [-0.25, -0.2) is 0 Å². The van der Waals surface area contributed by atoms with E-state index in [1.165, 1.54) is 46.8 Å². The van der Waals surface area contributed by atoms with Crippen LogP contribution in [0.15, 0.2) is 42.5 Å².